The summed E-state index contributed by atoms with van der Waals surface area (Å²) >= 11 is 12.7. The van der Waals surface area contributed by atoms with Gasteiger partial charge in [-0.2, -0.15) is 8.75 Å². The van der Waals surface area contributed by atoms with Gasteiger partial charge in [0.2, 0.25) is 0 Å². The lowest BCUT2D eigenvalue weighted by Gasteiger charge is -2.20. The fraction of sp³-hybridized carbons (Fsp3) is 0.632. The molecule has 0 atom stereocenters. The van der Waals surface area contributed by atoms with Crippen LogP contribution < -0.4 is 9.47 Å². The van der Waals surface area contributed by atoms with Crippen LogP contribution in [0.5, 0.6) is 11.5 Å². The molecule has 0 saturated carbocycles. The number of benzene rings is 1. The third kappa shape index (κ3) is 11.0. The van der Waals surface area contributed by atoms with Gasteiger partial charge in [-0.05, 0) is 93.6 Å². The molecule has 0 aliphatic rings. The van der Waals surface area contributed by atoms with Gasteiger partial charge in [0.05, 0.1) is 43.6 Å². The lowest BCUT2D eigenvalue weighted by atomic mass is 10.0. The first-order chi connectivity index (χ1) is 23.0. The van der Waals surface area contributed by atoms with E-state index in [2.05, 4.69) is 71.7 Å². The highest BCUT2D eigenvalue weighted by atomic mass is 79.9. The van der Waals surface area contributed by atoms with Crippen molar-refractivity contribution in [3.8, 4) is 32.4 Å². The first-order valence-electron chi connectivity index (χ1n) is 18.2. The summed E-state index contributed by atoms with van der Waals surface area (Å²) in [6.45, 7) is 10.4. The topological polar surface area (TPSA) is 44.2 Å². The maximum atomic E-state index is 6.87. The van der Waals surface area contributed by atoms with Gasteiger partial charge in [0.1, 0.15) is 11.0 Å². The van der Waals surface area contributed by atoms with Crippen molar-refractivity contribution in [2.45, 2.75) is 143 Å². The van der Waals surface area contributed by atoms with E-state index in [9.17, 15) is 0 Å². The number of ether oxygens (including phenoxy) is 2. The number of aryl methyl sites for hydroxylation is 2. The predicted octanol–water partition coefficient (Wildman–Crippen LogP) is 14.8. The van der Waals surface area contributed by atoms with Crippen LogP contribution in [-0.4, -0.2) is 22.0 Å². The zero-order valence-electron chi connectivity index (χ0n) is 29.0. The maximum absolute atomic E-state index is 6.87. The van der Waals surface area contributed by atoms with Gasteiger partial charge < -0.3 is 9.47 Å². The second-order valence-corrected chi connectivity index (χ2v) is 17.9. The van der Waals surface area contributed by atoms with E-state index in [1.54, 1.807) is 22.7 Å². The summed E-state index contributed by atoms with van der Waals surface area (Å²) in [5, 5.41) is 0. The smallest absolute Gasteiger partial charge is 0.172 e. The molecule has 0 fully saturated rings. The number of fused-ring (bicyclic) bond motifs is 1. The zero-order valence-corrected chi connectivity index (χ0v) is 34.6. The molecule has 0 amide bonds. The predicted molar refractivity (Wildman–Crippen MR) is 214 cm³/mol. The Morgan fingerprint density at radius 1 is 0.532 bits per heavy atom. The van der Waals surface area contributed by atoms with Crippen molar-refractivity contribution in [1.29, 1.82) is 0 Å². The van der Waals surface area contributed by atoms with Crippen LogP contribution in [0.1, 0.15) is 142 Å². The number of thiophene rings is 2. The molecule has 4 nitrogen and oxygen atoms in total. The van der Waals surface area contributed by atoms with Gasteiger partial charge in [0.25, 0.3) is 0 Å². The third-order valence-electron chi connectivity index (χ3n) is 8.72. The summed E-state index contributed by atoms with van der Waals surface area (Å²) in [7, 11) is 0. The van der Waals surface area contributed by atoms with E-state index in [0.29, 0.717) is 13.2 Å². The summed E-state index contributed by atoms with van der Waals surface area (Å²) in [6.07, 6.45) is 21.4. The van der Waals surface area contributed by atoms with Gasteiger partial charge in [-0.15, -0.1) is 22.7 Å². The van der Waals surface area contributed by atoms with E-state index >= 15 is 0 Å². The summed E-state index contributed by atoms with van der Waals surface area (Å²) in [5.74, 6) is 1.68. The molecule has 0 aliphatic carbocycles. The van der Waals surface area contributed by atoms with Gasteiger partial charge in [0, 0.05) is 9.75 Å². The quantitative estimate of drug-likeness (QED) is 0.0660. The third-order valence-corrected chi connectivity index (χ3v) is 13.2. The highest BCUT2D eigenvalue weighted by Gasteiger charge is 2.29. The van der Waals surface area contributed by atoms with Gasteiger partial charge in [-0.3, -0.25) is 0 Å². The van der Waals surface area contributed by atoms with Crippen molar-refractivity contribution < 1.29 is 9.47 Å². The second-order valence-electron chi connectivity index (χ2n) is 12.6. The molecule has 3 aromatic heterocycles. The fourth-order valence-electron chi connectivity index (χ4n) is 5.98. The zero-order chi connectivity index (χ0) is 33.4. The van der Waals surface area contributed by atoms with Gasteiger partial charge >= 0.3 is 0 Å². The van der Waals surface area contributed by atoms with Gasteiger partial charge in [-0.25, -0.2) is 0 Å². The number of unbranched alkanes of at least 4 members (excludes halogenated alkanes) is 12. The van der Waals surface area contributed by atoms with Crippen molar-refractivity contribution in [2.75, 3.05) is 13.2 Å². The Hall–Kier alpha value is -1.000. The molecule has 9 heteroatoms. The average Bonchev–Trinajstić information content (AvgIpc) is 3.79. The van der Waals surface area contributed by atoms with Gasteiger partial charge in [0.15, 0.2) is 11.5 Å². The standard InChI is InChI=1S/C38H54Br2N2O2S3/c1-5-9-13-17-21-27-25-29(45-37(27)39)31-33-34(42-47-41-33)32(30-26-28(38(40)46-30)22-18-14-10-6-2)36(44-24-20-16-12-8-4)35(31)43-23-19-15-11-7-3/h25-26H,5-24H2,1-4H3. The van der Waals surface area contributed by atoms with E-state index in [0.717, 1.165) is 72.2 Å². The molecular weight excluding hydrogens is 772 g/mol. The molecule has 3 heterocycles. The summed E-state index contributed by atoms with van der Waals surface area (Å²) in [6, 6.07) is 4.72. The Morgan fingerprint density at radius 3 is 1.30 bits per heavy atom. The summed E-state index contributed by atoms with van der Waals surface area (Å²) in [4.78, 5) is 2.35. The monoisotopic (exact) mass is 824 g/mol. The van der Waals surface area contributed by atoms with Crippen LogP contribution in [0.2, 0.25) is 0 Å². The molecular formula is C38H54Br2N2O2S3. The van der Waals surface area contributed by atoms with Crippen molar-refractivity contribution in [1.82, 2.24) is 8.75 Å². The van der Waals surface area contributed by atoms with Crippen LogP contribution in [0.15, 0.2) is 19.7 Å². The minimum absolute atomic E-state index is 0.662. The molecule has 0 radical (unpaired) electrons. The Bertz CT molecular complexity index is 1390. The first-order valence-corrected chi connectivity index (χ1v) is 22.1. The second kappa shape index (κ2) is 21.3. The number of hydrogen-bond donors (Lipinski definition) is 0. The Morgan fingerprint density at radius 2 is 0.915 bits per heavy atom. The van der Waals surface area contributed by atoms with Crippen molar-refractivity contribution >= 4 is 77.3 Å². The normalized spacial score (nSPS) is 11.6. The molecule has 0 bridgehead atoms. The molecule has 0 N–H and O–H groups in total. The Labute approximate surface area is 313 Å². The lowest BCUT2D eigenvalue weighted by Crippen LogP contribution is -2.06. The maximum Gasteiger partial charge on any atom is 0.172 e. The van der Waals surface area contributed by atoms with Crippen molar-refractivity contribution in [2.24, 2.45) is 0 Å². The number of hydrogen-bond acceptors (Lipinski definition) is 7. The molecule has 47 heavy (non-hydrogen) atoms. The fourth-order valence-corrected chi connectivity index (χ4v) is 10.2. The molecule has 4 rings (SSSR count). The highest BCUT2D eigenvalue weighted by Crippen LogP contribution is 2.54. The summed E-state index contributed by atoms with van der Waals surface area (Å²) in [5.41, 5.74) is 6.66. The van der Waals surface area contributed by atoms with Crippen LogP contribution >= 0.6 is 66.3 Å². The number of halogens is 2. The summed E-state index contributed by atoms with van der Waals surface area (Å²) < 4.78 is 26.1. The minimum Gasteiger partial charge on any atom is -0.489 e. The molecule has 260 valence electrons. The SMILES string of the molecule is CCCCCCOc1c(OCCCCCC)c(-c2cc(CCCCCC)c(Br)s2)c2nsnc2c1-c1cc(CCCCCC)c(Br)s1. The minimum atomic E-state index is 0.662. The van der Waals surface area contributed by atoms with E-state index in [1.165, 1.54) is 117 Å². The largest absolute Gasteiger partial charge is 0.489 e. The molecule has 0 spiro atoms. The number of rotatable bonds is 24. The lowest BCUT2D eigenvalue weighted by molar-refractivity contribution is 0.261. The van der Waals surface area contributed by atoms with E-state index in [-0.39, 0.29) is 0 Å². The average molecular weight is 827 g/mol. The Balaban J connectivity index is 1.84. The van der Waals surface area contributed by atoms with Gasteiger partial charge in [-0.1, -0.05) is 105 Å². The van der Waals surface area contributed by atoms with Crippen LogP contribution in [0.25, 0.3) is 31.9 Å². The van der Waals surface area contributed by atoms with Crippen LogP contribution in [0, 0.1) is 0 Å². The van der Waals surface area contributed by atoms with Crippen molar-refractivity contribution in [3.05, 3.63) is 30.8 Å². The molecule has 1 aromatic carbocycles. The highest BCUT2D eigenvalue weighted by molar-refractivity contribution is 9.11. The van der Waals surface area contributed by atoms with E-state index < -0.39 is 0 Å². The molecule has 0 saturated heterocycles. The number of aromatic nitrogens is 2. The first kappa shape index (κ1) is 38.8. The molecule has 0 aliphatic heterocycles. The van der Waals surface area contributed by atoms with E-state index in [4.69, 9.17) is 18.2 Å². The molecule has 4 aromatic rings. The van der Waals surface area contributed by atoms with E-state index in [1.807, 2.05) is 0 Å². The van der Waals surface area contributed by atoms with Crippen LogP contribution in [0.4, 0.5) is 0 Å². The van der Waals surface area contributed by atoms with Crippen molar-refractivity contribution in [3.63, 3.8) is 0 Å². The van der Waals surface area contributed by atoms with Crippen LogP contribution in [0.3, 0.4) is 0 Å². The number of nitrogens with zero attached hydrogens (tertiary/aromatic N) is 2. The Kier molecular flexibility index (Phi) is 17.6. The van der Waals surface area contributed by atoms with Crippen LogP contribution in [-0.2, 0) is 12.8 Å². The molecule has 0 unspecified atom stereocenters.